The van der Waals surface area contributed by atoms with Crippen LogP contribution in [0.5, 0.6) is 0 Å². The van der Waals surface area contributed by atoms with Crippen molar-refractivity contribution in [2.75, 3.05) is 13.1 Å². The predicted octanol–water partition coefficient (Wildman–Crippen LogP) is 1.61. The van der Waals surface area contributed by atoms with Crippen LogP contribution in [0.1, 0.15) is 29.7 Å². The summed E-state index contributed by atoms with van der Waals surface area (Å²) in [7, 11) is 0. The molecule has 0 radical (unpaired) electrons. The van der Waals surface area contributed by atoms with Crippen molar-refractivity contribution in [2.45, 2.75) is 32.4 Å². The average molecular weight is 304 g/mol. The van der Waals surface area contributed by atoms with Crippen molar-refractivity contribution < 1.29 is 9.50 Å². The van der Waals surface area contributed by atoms with Gasteiger partial charge in [-0.3, -0.25) is 0 Å². The van der Waals surface area contributed by atoms with Crippen molar-refractivity contribution in [1.82, 2.24) is 20.1 Å². The van der Waals surface area contributed by atoms with E-state index in [4.69, 9.17) is 0 Å². The van der Waals surface area contributed by atoms with Crippen LogP contribution in [0.2, 0.25) is 0 Å². The SMILES string of the molecule is Cc1nnc2n1C[C@H](CNC[C@@H](O)c1ccc(F)cc1)CC2. The number of benzene rings is 1. The van der Waals surface area contributed by atoms with Crippen molar-refractivity contribution >= 4 is 0 Å². The summed E-state index contributed by atoms with van der Waals surface area (Å²) in [4.78, 5) is 0. The van der Waals surface area contributed by atoms with Crippen LogP contribution in [0.25, 0.3) is 0 Å². The molecule has 1 aliphatic rings. The smallest absolute Gasteiger partial charge is 0.133 e. The van der Waals surface area contributed by atoms with Crippen LogP contribution in [0.15, 0.2) is 24.3 Å². The quantitative estimate of drug-likeness (QED) is 0.881. The largest absolute Gasteiger partial charge is 0.387 e. The summed E-state index contributed by atoms with van der Waals surface area (Å²) >= 11 is 0. The van der Waals surface area contributed by atoms with Crippen LogP contribution in [-0.2, 0) is 13.0 Å². The lowest BCUT2D eigenvalue weighted by Crippen LogP contribution is -2.32. The fraction of sp³-hybridized carbons (Fsp3) is 0.500. The number of aliphatic hydroxyl groups is 1. The normalized spacial score (nSPS) is 19.0. The molecular weight excluding hydrogens is 283 g/mol. The van der Waals surface area contributed by atoms with Crippen LogP contribution in [-0.4, -0.2) is 33.0 Å². The summed E-state index contributed by atoms with van der Waals surface area (Å²) in [5.74, 6) is 2.26. The molecule has 1 aromatic carbocycles. The molecule has 0 saturated carbocycles. The maximum absolute atomic E-state index is 12.9. The Hall–Kier alpha value is -1.79. The summed E-state index contributed by atoms with van der Waals surface area (Å²) < 4.78 is 15.0. The summed E-state index contributed by atoms with van der Waals surface area (Å²) in [5, 5.41) is 21.7. The molecule has 0 unspecified atom stereocenters. The fourth-order valence-electron chi connectivity index (χ4n) is 2.92. The first-order valence-electron chi connectivity index (χ1n) is 7.66. The third kappa shape index (κ3) is 3.34. The van der Waals surface area contributed by atoms with Gasteiger partial charge in [-0.1, -0.05) is 12.1 Å². The summed E-state index contributed by atoms with van der Waals surface area (Å²) in [5.41, 5.74) is 0.731. The van der Waals surface area contributed by atoms with Crippen molar-refractivity contribution in [2.24, 2.45) is 5.92 Å². The van der Waals surface area contributed by atoms with Crippen LogP contribution in [0, 0.1) is 18.7 Å². The van der Waals surface area contributed by atoms with Crippen LogP contribution >= 0.6 is 0 Å². The van der Waals surface area contributed by atoms with Gasteiger partial charge < -0.3 is 15.0 Å². The van der Waals surface area contributed by atoms with Gasteiger partial charge in [0.1, 0.15) is 17.5 Å². The van der Waals surface area contributed by atoms with E-state index in [9.17, 15) is 9.50 Å². The van der Waals surface area contributed by atoms with Gasteiger partial charge in [-0.05, 0) is 43.5 Å². The lowest BCUT2D eigenvalue weighted by Gasteiger charge is -2.24. The Morgan fingerprint density at radius 1 is 1.36 bits per heavy atom. The van der Waals surface area contributed by atoms with Gasteiger partial charge in [0.25, 0.3) is 0 Å². The van der Waals surface area contributed by atoms with Crippen LogP contribution < -0.4 is 5.32 Å². The van der Waals surface area contributed by atoms with Crippen molar-refractivity contribution in [3.63, 3.8) is 0 Å². The summed E-state index contributed by atoms with van der Waals surface area (Å²) in [6, 6.07) is 5.98. The third-order valence-corrected chi connectivity index (χ3v) is 4.25. The molecule has 3 rings (SSSR count). The molecule has 0 spiro atoms. The predicted molar refractivity (Wildman–Crippen MR) is 80.8 cm³/mol. The average Bonchev–Trinajstić information content (AvgIpc) is 2.89. The highest BCUT2D eigenvalue weighted by atomic mass is 19.1. The van der Waals surface area contributed by atoms with E-state index >= 15 is 0 Å². The maximum atomic E-state index is 12.9. The molecule has 2 atom stereocenters. The summed E-state index contributed by atoms with van der Waals surface area (Å²) in [6.07, 6.45) is 1.42. The Balaban J connectivity index is 1.47. The maximum Gasteiger partial charge on any atom is 0.133 e. The van der Waals surface area contributed by atoms with Gasteiger partial charge in [0.15, 0.2) is 0 Å². The number of hydrogen-bond acceptors (Lipinski definition) is 4. The third-order valence-electron chi connectivity index (χ3n) is 4.25. The molecular formula is C16H21FN4O. The highest BCUT2D eigenvalue weighted by Gasteiger charge is 2.21. The van der Waals surface area contributed by atoms with Gasteiger partial charge >= 0.3 is 0 Å². The number of fused-ring (bicyclic) bond motifs is 1. The van der Waals surface area contributed by atoms with Crippen LogP contribution in [0.3, 0.4) is 0 Å². The molecule has 0 amide bonds. The zero-order valence-corrected chi connectivity index (χ0v) is 12.7. The minimum absolute atomic E-state index is 0.286. The molecule has 0 fully saturated rings. The minimum atomic E-state index is -0.614. The second-order valence-electron chi connectivity index (χ2n) is 5.90. The number of aliphatic hydroxyl groups excluding tert-OH is 1. The Labute approximate surface area is 129 Å². The van der Waals surface area contributed by atoms with Gasteiger partial charge in [0.05, 0.1) is 6.10 Å². The number of rotatable bonds is 5. The molecule has 0 bridgehead atoms. The van der Waals surface area contributed by atoms with Gasteiger partial charge in [0, 0.05) is 19.5 Å². The molecule has 2 aromatic rings. The number of halogens is 1. The molecule has 118 valence electrons. The van der Waals surface area contributed by atoms with E-state index in [2.05, 4.69) is 20.1 Å². The highest BCUT2D eigenvalue weighted by molar-refractivity contribution is 5.18. The zero-order chi connectivity index (χ0) is 15.5. The molecule has 2 heterocycles. The first kappa shape index (κ1) is 15.1. The van der Waals surface area contributed by atoms with Crippen molar-refractivity contribution in [3.8, 4) is 0 Å². The van der Waals surface area contributed by atoms with Gasteiger partial charge in [-0.15, -0.1) is 10.2 Å². The minimum Gasteiger partial charge on any atom is -0.387 e. The molecule has 6 heteroatoms. The number of hydrogen-bond donors (Lipinski definition) is 2. The fourth-order valence-corrected chi connectivity index (χ4v) is 2.92. The number of nitrogens with zero attached hydrogens (tertiary/aromatic N) is 3. The van der Waals surface area contributed by atoms with E-state index in [-0.39, 0.29) is 5.82 Å². The zero-order valence-electron chi connectivity index (χ0n) is 12.7. The summed E-state index contributed by atoms with van der Waals surface area (Å²) in [6.45, 7) is 4.21. The second-order valence-corrected chi connectivity index (χ2v) is 5.90. The molecule has 1 aliphatic heterocycles. The monoisotopic (exact) mass is 304 g/mol. The first-order chi connectivity index (χ1) is 10.6. The van der Waals surface area contributed by atoms with Gasteiger partial charge in [-0.2, -0.15) is 0 Å². The standard InChI is InChI=1S/C16H21FN4O/c1-11-19-20-16-7-2-12(10-21(11)16)8-18-9-15(22)13-3-5-14(17)6-4-13/h3-6,12,15,18,22H,2,7-10H2,1H3/t12-,15+/m0/s1. The van der Waals surface area contributed by atoms with Crippen LogP contribution in [0.4, 0.5) is 4.39 Å². The molecule has 0 aliphatic carbocycles. The molecule has 0 saturated heterocycles. The Morgan fingerprint density at radius 2 is 2.14 bits per heavy atom. The Kier molecular flexibility index (Phi) is 4.49. The van der Waals surface area contributed by atoms with Gasteiger partial charge in [0.2, 0.25) is 0 Å². The topological polar surface area (TPSA) is 63.0 Å². The Morgan fingerprint density at radius 3 is 2.91 bits per heavy atom. The molecule has 22 heavy (non-hydrogen) atoms. The lowest BCUT2D eigenvalue weighted by molar-refractivity contribution is 0.170. The van der Waals surface area contributed by atoms with E-state index in [1.165, 1.54) is 12.1 Å². The number of nitrogens with one attached hydrogen (secondary N) is 1. The molecule has 5 nitrogen and oxygen atoms in total. The number of aromatic nitrogens is 3. The first-order valence-corrected chi connectivity index (χ1v) is 7.66. The lowest BCUT2D eigenvalue weighted by atomic mass is 9.99. The van der Waals surface area contributed by atoms with Crippen molar-refractivity contribution in [1.29, 1.82) is 0 Å². The van der Waals surface area contributed by atoms with Gasteiger partial charge in [-0.25, -0.2) is 4.39 Å². The van der Waals surface area contributed by atoms with E-state index in [0.29, 0.717) is 12.5 Å². The molecule has 2 N–H and O–H groups in total. The van der Waals surface area contributed by atoms with E-state index in [1.807, 2.05) is 6.92 Å². The number of aryl methyl sites for hydroxylation is 2. The Bertz CT molecular complexity index is 626. The molecule has 1 aromatic heterocycles. The van der Waals surface area contributed by atoms with E-state index in [0.717, 1.165) is 43.1 Å². The second kappa shape index (κ2) is 6.54. The van der Waals surface area contributed by atoms with Crippen molar-refractivity contribution in [3.05, 3.63) is 47.3 Å². The van der Waals surface area contributed by atoms with E-state index in [1.54, 1.807) is 12.1 Å². The van der Waals surface area contributed by atoms with E-state index < -0.39 is 6.10 Å². The highest BCUT2D eigenvalue weighted by Crippen LogP contribution is 2.19.